The van der Waals surface area contributed by atoms with Crippen molar-refractivity contribution < 1.29 is 14.7 Å². The van der Waals surface area contributed by atoms with Crippen molar-refractivity contribution in [2.45, 2.75) is 76.4 Å². The van der Waals surface area contributed by atoms with Gasteiger partial charge in [-0.15, -0.1) is 0 Å². The predicted octanol–water partition coefficient (Wildman–Crippen LogP) is 1.75. The molecule has 2 fully saturated rings. The Morgan fingerprint density at radius 3 is 2.70 bits per heavy atom. The molecule has 5 heteroatoms. The van der Waals surface area contributed by atoms with Crippen LogP contribution in [0, 0.1) is 5.92 Å². The van der Waals surface area contributed by atoms with Crippen LogP contribution in [0.5, 0.6) is 0 Å². The molecule has 0 spiro atoms. The maximum absolute atomic E-state index is 12.4. The van der Waals surface area contributed by atoms with E-state index in [1.54, 1.807) is 4.90 Å². The first-order valence-corrected chi connectivity index (χ1v) is 7.80. The van der Waals surface area contributed by atoms with Gasteiger partial charge in [0.25, 0.3) is 0 Å². The molecule has 1 aliphatic carbocycles. The van der Waals surface area contributed by atoms with Crippen LogP contribution in [0.15, 0.2) is 0 Å². The van der Waals surface area contributed by atoms with Crippen molar-refractivity contribution in [1.29, 1.82) is 0 Å². The molecule has 114 valence electrons. The fourth-order valence-corrected chi connectivity index (χ4v) is 3.74. The van der Waals surface area contributed by atoms with Crippen molar-refractivity contribution >= 4 is 11.9 Å². The summed E-state index contributed by atoms with van der Waals surface area (Å²) < 4.78 is 0. The third kappa shape index (κ3) is 3.32. The molecule has 4 atom stereocenters. The predicted molar refractivity (Wildman–Crippen MR) is 76.1 cm³/mol. The molecule has 5 nitrogen and oxygen atoms in total. The summed E-state index contributed by atoms with van der Waals surface area (Å²) in [6.45, 7) is 1.93. The second-order valence-electron chi connectivity index (χ2n) is 6.37. The molecule has 0 radical (unpaired) electrons. The van der Waals surface area contributed by atoms with E-state index in [-0.39, 0.29) is 18.0 Å². The first kappa shape index (κ1) is 15.3. The number of carboxylic acid groups (broad SMARTS) is 1. The maximum atomic E-state index is 12.4. The minimum absolute atomic E-state index is 0.00690. The molecule has 2 rings (SSSR count). The highest BCUT2D eigenvalue weighted by atomic mass is 16.4. The number of aliphatic carboxylic acids is 1. The zero-order valence-corrected chi connectivity index (χ0v) is 12.3. The van der Waals surface area contributed by atoms with E-state index in [0.717, 1.165) is 32.1 Å². The van der Waals surface area contributed by atoms with Gasteiger partial charge in [-0.3, -0.25) is 4.79 Å². The van der Waals surface area contributed by atoms with Crippen LogP contribution in [0.2, 0.25) is 0 Å². The lowest BCUT2D eigenvalue weighted by molar-refractivity contribution is -0.150. The quantitative estimate of drug-likeness (QED) is 0.804. The first-order chi connectivity index (χ1) is 9.50. The van der Waals surface area contributed by atoms with Crippen LogP contribution in [-0.4, -0.2) is 40.0 Å². The third-order valence-corrected chi connectivity index (χ3v) is 4.71. The maximum Gasteiger partial charge on any atom is 0.326 e. The average molecular weight is 282 g/mol. The number of nitrogens with zero attached hydrogens (tertiary/aromatic N) is 1. The van der Waals surface area contributed by atoms with E-state index in [9.17, 15) is 14.7 Å². The van der Waals surface area contributed by atoms with Gasteiger partial charge in [0.15, 0.2) is 0 Å². The largest absolute Gasteiger partial charge is 0.480 e. The van der Waals surface area contributed by atoms with Gasteiger partial charge in [0, 0.05) is 18.5 Å². The van der Waals surface area contributed by atoms with E-state index in [0.29, 0.717) is 18.8 Å². The molecule has 0 aromatic rings. The number of rotatable bonds is 5. The Balaban J connectivity index is 2.01. The molecule has 1 heterocycles. The van der Waals surface area contributed by atoms with Crippen LogP contribution in [0.4, 0.5) is 0 Å². The van der Waals surface area contributed by atoms with Crippen LogP contribution in [0.1, 0.15) is 58.3 Å². The summed E-state index contributed by atoms with van der Waals surface area (Å²) in [5, 5.41) is 9.38. The van der Waals surface area contributed by atoms with Gasteiger partial charge in [-0.2, -0.15) is 0 Å². The fourth-order valence-electron chi connectivity index (χ4n) is 3.74. The summed E-state index contributed by atoms with van der Waals surface area (Å²) >= 11 is 0. The van der Waals surface area contributed by atoms with Gasteiger partial charge in [-0.05, 0) is 44.9 Å². The lowest BCUT2D eigenvalue weighted by atomic mass is 9.84. The number of hydrogen-bond donors (Lipinski definition) is 2. The minimum Gasteiger partial charge on any atom is -0.480 e. The van der Waals surface area contributed by atoms with Gasteiger partial charge < -0.3 is 15.7 Å². The number of carbonyl (C=O) groups is 2. The zero-order chi connectivity index (χ0) is 14.7. The Morgan fingerprint density at radius 2 is 2.05 bits per heavy atom. The van der Waals surface area contributed by atoms with E-state index in [2.05, 4.69) is 0 Å². The van der Waals surface area contributed by atoms with Crippen LogP contribution in [0.25, 0.3) is 0 Å². The number of likely N-dealkylation sites (tertiary alicyclic amines) is 1. The van der Waals surface area contributed by atoms with Crippen molar-refractivity contribution in [1.82, 2.24) is 4.90 Å². The summed E-state index contributed by atoms with van der Waals surface area (Å²) in [7, 11) is 0. The molecule has 4 unspecified atom stereocenters. The molecule has 1 aliphatic heterocycles. The van der Waals surface area contributed by atoms with Gasteiger partial charge in [-0.1, -0.05) is 12.8 Å². The second kappa shape index (κ2) is 6.57. The Hall–Kier alpha value is -1.10. The summed E-state index contributed by atoms with van der Waals surface area (Å²) in [6.07, 6.45) is 6.93. The highest BCUT2D eigenvalue weighted by molar-refractivity contribution is 5.84. The topological polar surface area (TPSA) is 83.6 Å². The van der Waals surface area contributed by atoms with Crippen LogP contribution < -0.4 is 5.73 Å². The molecular formula is C15H26N2O3. The molecule has 3 N–H and O–H groups in total. The Kier molecular flexibility index (Phi) is 5.02. The van der Waals surface area contributed by atoms with E-state index < -0.39 is 12.0 Å². The van der Waals surface area contributed by atoms with Gasteiger partial charge in [0.05, 0.1) is 0 Å². The van der Waals surface area contributed by atoms with Crippen LogP contribution in [-0.2, 0) is 9.59 Å². The fraction of sp³-hybridized carbons (Fsp3) is 0.867. The van der Waals surface area contributed by atoms with Crippen LogP contribution in [0.3, 0.4) is 0 Å². The third-order valence-electron chi connectivity index (χ3n) is 4.71. The number of fused-ring (bicyclic) bond motifs is 1. The number of carboxylic acids is 1. The van der Waals surface area contributed by atoms with Crippen molar-refractivity contribution in [3.8, 4) is 0 Å². The molecule has 1 saturated heterocycles. The Bertz CT molecular complexity index is 370. The Morgan fingerprint density at radius 1 is 1.35 bits per heavy atom. The highest BCUT2D eigenvalue weighted by Crippen LogP contribution is 2.40. The van der Waals surface area contributed by atoms with Gasteiger partial charge in [-0.25, -0.2) is 4.79 Å². The van der Waals surface area contributed by atoms with Gasteiger partial charge >= 0.3 is 5.97 Å². The van der Waals surface area contributed by atoms with Crippen molar-refractivity contribution in [2.75, 3.05) is 0 Å². The summed E-state index contributed by atoms with van der Waals surface area (Å²) in [5.74, 6) is -0.449. The molecule has 0 bridgehead atoms. The molecule has 0 aromatic carbocycles. The number of carbonyl (C=O) groups excluding carboxylic acids is 1. The summed E-state index contributed by atoms with van der Waals surface area (Å²) in [5.41, 5.74) is 5.69. The second-order valence-corrected chi connectivity index (χ2v) is 6.37. The lowest BCUT2D eigenvalue weighted by Crippen LogP contribution is -2.46. The lowest BCUT2D eigenvalue weighted by Gasteiger charge is -2.33. The molecule has 1 saturated carbocycles. The highest BCUT2D eigenvalue weighted by Gasteiger charge is 2.47. The van der Waals surface area contributed by atoms with Crippen LogP contribution >= 0.6 is 0 Å². The van der Waals surface area contributed by atoms with Crippen molar-refractivity contribution in [3.05, 3.63) is 0 Å². The first-order valence-electron chi connectivity index (χ1n) is 7.80. The molecule has 2 aliphatic rings. The van der Waals surface area contributed by atoms with Gasteiger partial charge in [0.2, 0.25) is 5.91 Å². The summed E-state index contributed by atoms with van der Waals surface area (Å²) in [6, 6.07) is -0.349. The SMILES string of the molecule is CC(N)CCCC(=O)N1C(C(=O)O)CC2CCCCC21. The Labute approximate surface area is 120 Å². The molecule has 0 aromatic heterocycles. The van der Waals surface area contributed by atoms with E-state index in [1.165, 1.54) is 6.42 Å². The van der Waals surface area contributed by atoms with Crippen molar-refractivity contribution in [3.63, 3.8) is 0 Å². The van der Waals surface area contributed by atoms with E-state index in [1.807, 2.05) is 6.92 Å². The number of hydrogen-bond acceptors (Lipinski definition) is 3. The molecule has 1 amide bonds. The monoisotopic (exact) mass is 282 g/mol. The van der Waals surface area contributed by atoms with E-state index >= 15 is 0 Å². The molecular weight excluding hydrogens is 256 g/mol. The average Bonchev–Trinajstić information content (AvgIpc) is 2.77. The zero-order valence-electron chi connectivity index (χ0n) is 12.3. The summed E-state index contributed by atoms with van der Waals surface area (Å²) in [4.78, 5) is 25.5. The van der Waals surface area contributed by atoms with E-state index in [4.69, 9.17) is 5.73 Å². The van der Waals surface area contributed by atoms with Gasteiger partial charge in [0.1, 0.15) is 6.04 Å². The normalized spacial score (nSPS) is 30.9. The number of amides is 1. The van der Waals surface area contributed by atoms with Crippen molar-refractivity contribution in [2.24, 2.45) is 11.7 Å². The standard InChI is InChI=1S/C15H26N2O3/c1-10(16)5-4-8-14(18)17-12-7-3-2-6-11(12)9-13(17)15(19)20/h10-13H,2-9,16H2,1H3,(H,19,20). The number of nitrogens with two attached hydrogens (primary N) is 1. The minimum atomic E-state index is -0.847. The molecule has 20 heavy (non-hydrogen) atoms. The smallest absolute Gasteiger partial charge is 0.326 e.